The van der Waals surface area contributed by atoms with Crippen LogP contribution in [-0.2, 0) is 4.79 Å². The lowest BCUT2D eigenvalue weighted by atomic mass is 9.92. The number of carbonyl (C=O) groups excluding carboxylic acids is 1. The summed E-state index contributed by atoms with van der Waals surface area (Å²) in [7, 11) is 1.81. The molecule has 1 amide bonds. The van der Waals surface area contributed by atoms with Gasteiger partial charge < -0.3 is 10.0 Å². The summed E-state index contributed by atoms with van der Waals surface area (Å²) in [6, 6.07) is 6.77. The van der Waals surface area contributed by atoms with Crippen molar-refractivity contribution in [1.29, 1.82) is 0 Å². The van der Waals surface area contributed by atoms with Gasteiger partial charge in [0.2, 0.25) is 5.91 Å². The van der Waals surface area contributed by atoms with Crippen molar-refractivity contribution in [2.75, 3.05) is 11.9 Å². The molecular formula is C15H17NO2. The number of benzene rings is 1. The molecular weight excluding hydrogens is 226 g/mol. The second-order valence-electron chi connectivity index (χ2n) is 5.30. The quantitative estimate of drug-likeness (QED) is 0.811. The van der Waals surface area contributed by atoms with Crippen LogP contribution in [0.1, 0.15) is 12.8 Å². The van der Waals surface area contributed by atoms with Crippen molar-refractivity contribution in [3.8, 4) is 5.75 Å². The summed E-state index contributed by atoms with van der Waals surface area (Å²) in [6.45, 7) is 0. The van der Waals surface area contributed by atoms with Gasteiger partial charge in [-0.25, -0.2) is 0 Å². The predicted octanol–water partition coefficient (Wildman–Crippen LogP) is 2.57. The lowest BCUT2D eigenvalue weighted by Crippen LogP contribution is -2.34. The summed E-state index contributed by atoms with van der Waals surface area (Å²) >= 11 is 0. The van der Waals surface area contributed by atoms with Crippen LogP contribution >= 0.6 is 0 Å². The second kappa shape index (κ2) is 4.16. The fourth-order valence-electron chi connectivity index (χ4n) is 3.12. The molecule has 0 heterocycles. The Morgan fingerprint density at radius 3 is 2.50 bits per heavy atom. The number of aromatic hydroxyl groups is 1. The van der Waals surface area contributed by atoms with Crippen LogP contribution in [0, 0.1) is 17.8 Å². The van der Waals surface area contributed by atoms with E-state index < -0.39 is 0 Å². The van der Waals surface area contributed by atoms with Crippen molar-refractivity contribution in [2.45, 2.75) is 12.8 Å². The number of phenols is 1. The summed E-state index contributed by atoms with van der Waals surface area (Å²) in [5, 5.41) is 9.26. The van der Waals surface area contributed by atoms with Crippen LogP contribution in [0.15, 0.2) is 36.4 Å². The first-order chi connectivity index (χ1) is 8.65. The van der Waals surface area contributed by atoms with Gasteiger partial charge in [0.25, 0.3) is 0 Å². The molecule has 18 heavy (non-hydrogen) atoms. The zero-order valence-corrected chi connectivity index (χ0v) is 10.4. The number of anilines is 1. The summed E-state index contributed by atoms with van der Waals surface area (Å²) in [4.78, 5) is 14.2. The SMILES string of the molecule is CN(C(=O)C1CC2C=CC1C2)c1ccc(O)cc1. The van der Waals surface area contributed by atoms with E-state index in [9.17, 15) is 9.90 Å². The molecule has 3 rings (SSSR count). The second-order valence-corrected chi connectivity index (χ2v) is 5.30. The summed E-state index contributed by atoms with van der Waals surface area (Å²) < 4.78 is 0. The van der Waals surface area contributed by atoms with Crippen LogP contribution in [0.25, 0.3) is 0 Å². The third-order valence-corrected chi connectivity index (χ3v) is 4.16. The van der Waals surface area contributed by atoms with Gasteiger partial charge in [-0.1, -0.05) is 12.2 Å². The first-order valence-electron chi connectivity index (χ1n) is 6.40. The maximum atomic E-state index is 12.5. The van der Waals surface area contributed by atoms with Crippen molar-refractivity contribution < 1.29 is 9.90 Å². The van der Waals surface area contributed by atoms with Crippen LogP contribution in [0.2, 0.25) is 0 Å². The van der Waals surface area contributed by atoms with Crippen LogP contribution in [0.3, 0.4) is 0 Å². The third kappa shape index (κ3) is 1.80. The van der Waals surface area contributed by atoms with E-state index in [4.69, 9.17) is 0 Å². The Kier molecular flexibility index (Phi) is 2.62. The summed E-state index contributed by atoms with van der Waals surface area (Å²) in [6.07, 6.45) is 6.57. The molecule has 0 saturated heterocycles. The number of phenolic OH excluding ortho intramolecular Hbond substituents is 1. The number of carbonyl (C=O) groups is 1. The first-order valence-corrected chi connectivity index (χ1v) is 6.40. The van der Waals surface area contributed by atoms with Crippen LogP contribution in [0.5, 0.6) is 5.75 Å². The van der Waals surface area contributed by atoms with Gasteiger partial charge in [0.15, 0.2) is 0 Å². The zero-order chi connectivity index (χ0) is 12.7. The third-order valence-electron chi connectivity index (χ3n) is 4.16. The Morgan fingerprint density at radius 2 is 1.94 bits per heavy atom. The van der Waals surface area contributed by atoms with E-state index in [1.54, 1.807) is 29.2 Å². The number of hydrogen-bond donors (Lipinski definition) is 1. The smallest absolute Gasteiger partial charge is 0.230 e. The highest BCUT2D eigenvalue weighted by Crippen LogP contribution is 2.44. The Morgan fingerprint density at radius 1 is 1.22 bits per heavy atom. The van der Waals surface area contributed by atoms with E-state index in [0.29, 0.717) is 11.8 Å². The maximum Gasteiger partial charge on any atom is 0.230 e. The number of allylic oxidation sites excluding steroid dienone is 2. The fourth-order valence-corrected chi connectivity index (χ4v) is 3.12. The van der Waals surface area contributed by atoms with Crippen molar-refractivity contribution in [1.82, 2.24) is 0 Å². The number of hydrogen-bond acceptors (Lipinski definition) is 2. The standard InChI is InChI=1S/C15H17NO2/c1-16(12-4-6-13(17)7-5-12)15(18)14-9-10-2-3-11(14)8-10/h2-7,10-11,14,17H,8-9H2,1H3. The lowest BCUT2D eigenvalue weighted by Gasteiger charge is -2.24. The molecule has 0 aromatic heterocycles. The van der Waals surface area contributed by atoms with E-state index >= 15 is 0 Å². The van der Waals surface area contributed by atoms with Gasteiger partial charge in [0.1, 0.15) is 5.75 Å². The fraction of sp³-hybridized carbons (Fsp3) is 0.400. The van der Waals surface area contributed by atoms with E-state index in [-0.39, 0.29) is 17.6 Å². The molecule has 0 spiro atoms. The van der Waals surface area contributed by atoms with Crippen molar-refractivity contribution >= 4 is 11.6 Å². The molecule has 2 aliphatic rings. The van der Waals surface area contributed by atoms with E-state index in [2.05, 4.69) is 12.2 Å². The van der Waals surface area contributed by atoms with Crippen molar-refractivity contribution in [3.63, 3.8) is 0 Å². The molecule has 94 valence electrons. The number of amides is 1. The highest BCUT2D eigenvalue weighted by Gasteiger charge is 2.41. The normalized spacial score (nSPS) is 28.6. The van der Waals surface area contributed by atoms with Crippen LogP contribution in [-0.4, -0.2) is 18.1 Å². The Labute approximate surface area is 107 Å². The molecule has 1 fully saturated rings. The molecule has 2 bridgehead atoms. The molecule has 0 aliphatic heterocycles. The van der Waals surface area contributed by atoms with Gasteiger partial charge in [0, 0.05) is 18.7 Å². The molecule has 1 saturated carbocycles. The average Bonchev–Trinajstić information content (AvgIpc) is 3.00. The zero-order valence-electron chi connectivity index (χ0n) is 10.4. The number of nitrogens with zero attached hydrogens (tertiary/aromatic N) is 1. The van der Waals surface area contributed by atoms with Crippen molar-refractivity contribution in [3.05, 3.63) is 36.4 Å². The average molecular weight is 243 g/mol. The predicted molar refractivity (Wildman–Crippen MR) is 70.4 cm³/mol. The molecule has 1 aromatic carbocycles. The summed E-state index contributed by atoms with van der Waals surface area (Å²) in [5.74, 6) is 1.60. The molecule has 1 aromatic rings. The van der Waals surface area contributed by atoms with Gasteiger partial charge in [-0.2, -0.15) is 0 Å². The molecule has 2 aliphatic carbocycles. The summed E-state index contributed by atoms with van der Waals surface area (Å²) in [5.41, 5.74) is 0.838. The minimum absolute atomic E-state index is 0.138. The largest absolute Gasteiger partial charge is 0.508 e. The molecule has 1 N–H and O–H groups in total. The van der Waals surface area contributed by atoms with Crippen molar-refractivity contribution in [2.24, 2.45) is 17.8 Å². The first kappa shape index (κ1) is 11.3. The topological polar surface area (TPSA) is 40.5 Å². The van der Waals surface area contributed by atoms with E-state index in [0.717, 1.165) is 18.5 Å². The van der Waals surface area contributed by atoms with Gasteiger partial charge in [-0.15, -0.1) is 0 Å². The van der Waals surface area contributed by atoms with E-state index in [1.807, 2.05) is 7.05 Å². The minimum Gasteiger partial charge on any atom is -0.508 e. The van der Waals surface area contributed by atoms with Gasteiger partial charge in [-0.05, 0) is 48.9 Å². The highest BCUT2D eigenvalue weighted by atomic mass is 16.3. The molecule has 3 nitrogen and oxygen atoms in total. The Bertz CT molecular complexity index is 492. The Hall–Kier alpha value is -1.77. The molecule has 3 unspecified atom stereocenters. The Balaban J connectivity index is 1.76. The van der Waals surface area contributed by atoms with E-state index in [1.165, 1.54) is 0 Å². The minimum atomic E-state index is 0.138. The monoisotopic (exact) mass is 243 g/mol. The molecule has 0 radical (unpaired) electrons. The lowest BCUT2D eigenvalue weighted by molar-refractivity contribution is -0.122. The van der Waals surface area contributed by atoms with Gasteiger partial charge in [-0.3, -0.25) is 4.79 Å². The molecule has 3 atom stereocenters. The van der Waals surface area contributed by atoms with Crippen LogP contribution < -0.4 is 4.90 Å². The maximum absolute atomic E-state index is 12.5. The van der Waals surface area contributed by atoms with Gasteiger partial charge in [0.05, 0.1) is 0 Å². The van der Waals surface area contributed by atoms with Crippen LogP contribution in [0.4, 0.5) is 5.69 Å². The molecule has 3 heteroatoms. The number of fused-ring (bicyclic) bond motifs is 2. The number of rotatable bonds is 2. The highest BCUT2D eigenvalue weighted by molar-refractivity contribution is 5.95. The van der Waals surface area contributed by atoms with Gasteiger partial charge >= 0.3 is 0 Å².